The maximum Gasteiger partial charge on any atom is 0.250 e. The van der Waals surface area contributed by atoms with Gasteiger partial charge in [-0.25, -0.2) is 4.98 Å². The summed E-state index contributed by atoms with van der Waals surface area (Å²) in [6.07, 6.45) is 1.25. The van der Waals surface area contributed by atoms with Crippen LogP contribution in [0.2, 0.25) is 0 Å². The average Bonchev–Trinajstić information content (AvgIpc) is 3.28. The van der Waals surface area contributed by atoms with Gasteiger partial charge in [0.05, 0.1) is 35.1 Å². The predicted molar refractivity (Wildman–Crippen MR) is 134 cm³/mol. The number of anilines is 1. The summed E-state index contributed by atoms with van der Waals surface area (Å²) in [5, 5.41) is 5.36. The summed E-state index contributed by atoms with van der Waals surface area (Å²) in [7, 11) is 0. The Morgan fingerprint density at radius 1 is 1.06 bits per heavy atom. The van der Waals surface area contributed by atoms with Crippen molar-refractivity contribution in [3.63, 3.8) is 0 Å². The molecule has 0 fully saturated rings. The molecule has 0 saturated carbocycles. The summed E-state index contributed by atoms with van der Waals surface area (Å²) in [5.41, 5.74) is 2.24. The third-order valence-electron chi connectivity index (χ3n) is 5.42. The molecule has 0 aliphatic carbocycles. The second kappa shape index (κ2) is 9.44. The molecule has 0 saturated heterocycles. The number of benzene rings is 3. The number of hydrogen-bond donors (Lipinski definition) is 0. The van der Waals surface area contributed by atoms with Gasteiger partial charge in [-0.1, -0.05) is 53.8 Å². The van der Waals surface area contributed by atoms with E-state index in [0.717, 1.165) is 21.5 Å². The van der Waals surface area contributed by atoms with Crippen molar-refractivity contribution in [1.29, 1.82) is 0 Å². The highest BCUT2D eigenvalue weighted by Crippen LogP contribution is 2.32. The van der Waals surface area contributed by atoms with E-state index in [1.807, 2.05) is 61.5 Å². The van der Waals surface area contributed by atoms with Crippen molar-refractivity contribution in [2.24, 2.45) is 0 Å². The molecule has 0 atom stereocenters. The molecule has 1 amide bonds. The number of para-hydroxylation sites is 1. The lowest BCUT2D eigenvalue weighted by Gasteiger charge is -2.21. The van der Waals surface area contributed by atoms with Crippen LogP contribution < -0.4 is 15.1 Å². The number of rotatable bonds is 7. The number of ether oxygens (including phenoxy) is 1. The Labute approximate surface area is 199 Å². The SMILES string of the molecule is CCOc1ccc2nc(N(Cc3ccccc3)C(=O)Cn3ncc(=O)c4ccccc43)sc2c1. The second-order valence-corrected chi connectivity index (χ2v) is 8.72. The minimum Gasteiger partial charge on any atom is -0.494 e. The van der Waals surface area contributed by atoms with Crippen LogP contribution in [0.15, 0.2) is 83.8 Å². The summed E-state index contributed by atoms with van der Waals surface area (Å²) >= 11 is 1.44. The first-order valence-electron chi connectivity index (χ1n) is 10.9. The first-order valence-corrected chi connectivity index (χ1v) is 11.8. The van der Waals surface area contributed by atoms with E-state index < -0.39 is 0 Å². The van der Waals surface area contributed by atoms with Crippen LogP contribution in [-0.4, -0.2) is 27.3 Å². The highest BCUT2D eigenvalue weighted by atomic mass is 32.1. The van der Waals surface area contributed by atoms with Gasteiger partial charge in [0, 0.05) is 5.39 Å². The fourth-order valence-corrected chi connectivity index (χ4v) is 4.80. The number of carbonyl (C=O) groups is 1. The lowest BCUT2D eigenvalue weighted by atomic mass is 10.2. The number of nitrogens with zero attached hydrogens (tertiary/aromatic N) is 4. The maximum atomic E-state index is 13.6. The van der Waals surface area contributed by atoms with Crippen molar-refractivity contribution in [2.75, 3.05) is 11.5 Å². The molecule has 0 N–H and O–H groups in total. The van der Waals surface area contributed by atoms with Crippen LogP contribution in [0.5, 0.6) is 5.75 Å². The molecule has 0 aliphatic rings. The van der Waals surface area contributed by atoms with Crippen molar-refractivity contribution in [1.82, 2.24) is 14.8 Å². The topological polar surface area (TPSA) is 77.3 Å². The van der Waals surface area contributed by atoms with Crippen LogP contribution in [0, 0.1) is 0 Å². The summed E-state index contributed by atoms with van der Waals surface area (Å²) in [6.45, 7) is 2.87. The number of amides is 1. The summed E-state index contributed by atoms with van der Waals surface area (Å²) in [6, 6.07) is 22.7. The number of thiazole rings is 1. The largest absolute Gasteiger partial charge is 0.494 e. The first-order chi connectivity index (χ1) is 16.6. The second-order valence-electron chi connectivity index (χ2n) is 7.71. The Hall–Kier alpha value is -4.04. The maximum absolute atomic E-state index is 13.6. The smallest absolute Gasteiger partial charge is 0.250 e. The predicted octanol–water partition coefficient (Wildman–Crippen LogP) is 4.64. The van der Waals surface area contributed by atoms with E-state index in [1.165, 1.54) is 17.5 Å². The summed E-state index contributed by atoms with van der Waals surface area (Å²) < 4.78 is 8.13. The molecule has 5 rings (SSSR count). The monoisotopic (exact) mass is 470 g/mol. The molecular formula is C26H22N4O3S. The fourth-order valence-electron chi connectivity index (χ4n) is 3.79. The highest BCUT2D eigenvalue weighted by Gasteiger charge is 2.22. The van der Waals surface area contributed by atoms with Crippen molar-refractivity contribution in [2.45, 2.75) is 20.0 Å². The average molecular weight is 471 g/mol. The van der Waals surface area contributed by atoms with E-state index in [2.05, 4.69) is 5.10 Å². The fraction of sp³-hybridized carbons (Fsp3) is 0.154. The third-order valence-corrected chi connectivity index (χ3v) is 6.46. The zero-order valence-electron chi connectivity index (χ0n) is 18.5. The van der Waals surface area contributed by atoms with Crippen molar-refractivity contribution < 1.29 is 9.53 Å². The molecule has 0 radical (unpaired) electrons. The molecular weight excluding hydrogens is 448 g/mol. The minimum atomic E-state index is -0.172. The number of hydrogen-bond acceptors (Lipinski definition) is 6. The normalized spacial score (nSPS) is 11.1. The van der Waals surface area contributed by atoms with Gasteiger partial charge in [0.1, 0.15) is 12.3 Å². The quantitative estimate of drug-likeness (QED) is 0.346. The van der Waals surface area contributed by atoms with Crippen LogP contribution in [0.1, 0.15) is 12.5 Å². The van der Waals surface area contributed by atoms with E-state index in [0.29, 0.717) is 29.2 Å². The first kappa shape index (κ1) is 21.8. The molecule has 3 aromatic carbocycles. The van der Waals surface area contributed by atoms with Crippen molar-refractivity contribution >= 4 is 43.5 Å². The van der Waals surface area contributed by atoms with Crippen LogP contribution >= 0.6 is 11.3 Å². The van der Waals surface area contributed by atoms with E-state index in [9.17, 15) is 9.59 Å². The van der Waals surface area contributed by atoms with E-state index in [4.69, 9.17) is 9.72 Å². The van der Waals surface area contributed by atoms with Gasteiger partial charge in [-0.05, 0) is 42.8 Å². The zero-order valence-corrected chi connectivity index (χ0v) is 19.4. The highest BCUT2D eigenvalue weighted by molar-refractivity contribution is 7.22. The standard InChI is InChI=1S/C26H22N4O3S/c1-2-33-19-12-13-21-24(14-19)34-26(28-21)29(16-18-8-4-3-5-9-18)25(32)17-30-22-11-7-6-10-20(22)23(31)15-27-30/h3-15H,2,16-17H2,1H3. The molecule has 170 valence electrons. The van der Waals surface area contributed by atoms with Crippen LogP contribution in [0.4, 0.5) is 5.13 Å². The van der Waals surface area contributed by atoms with Gasteiger partial charge < -0.3 is 4.74 Å². The summed E-state index contributed by atoms with van der Waals surface area (Å²) in [5.74, 6) is 0.601. The third kappa shape index (κ3) is 4.40. The number of carbonyl (C=O) groups excluding carboxylic acids is 1. The van der Waals surface area contributed by atoms with Gasteiger partial charge >= 0.3 is 0 Å². The van der Waals surface area contributed by atoms with Gasteiger partial charge in [-0.2, -0.15) is 5.10 Å². The van der Waals surface area contributed by atoms with Gasteiger partial charge in [0.2, 0.25) is 5.43 Å². The van der Waals surface area contributed by atoms with E-state index in [1.54, 1.807) is 27.8 Å². The number of aromatic nitrogens is 3. The van der Waals surface area contributed by atoms with Crippen LogP contribution in [-0.2, 0) is 17.9 Å². The molecule has 0 bridgehead atoms. The Bertz CT molecular complexity index is 1530. The Morgan fingerprint density at radius 2 is 1.85 bits per heavy atom. The lowest BCUT2D eigenvalue weighted by molar-refractivity contribution is -0.119. The molecule has 34 heavy (non-hydrogen) atoms. The number of fused-ring (bicyclic) bond motifs is 2. The molecule has 0 unspecified atom stereocenters. The van der Waals surface area contributed by atoms with Gasteiger partial charge in [0.15, 0.2) is 5.13 Å². The van der Waals surface area contributed by atoms with Gasteiger partial charge in [-0.3, -0.25) is 19.2 Å². The molecule has 8 heteroatoms. The molecule has 7 nitrogen and oxygen atoms in total. The van der Waals surface area contributed by atoms with Gasteiger partial charge in [-0.15, -0.1) is 0 Å². The molecule has 5 aromatic rings. The van der Waals surface area contributed by atoms with Crippen LogP contribution in [0.3, 0.4) is 0 Å². The molecule has 2 heterocycles. The Morgan fingerprint density at radius 3 is 2.68 bits per heavy atom. The molecule has 2 aromatic heterocycles. The van der Waals surface area contributed by atoms with E-state index >= 15 is 0 Å². The van der Waals surface area contributed by atoms with E-state index in [-0.39, 0.29) is 17.9 Å². The summed E-state index contributed by atoms with van der Waals surface area (Å²) in [4.78, 5) is 32.2. The molecule has 0 aliphatic heterocycles. The Kier molecular flexibility index (Phi) is 6.05. The molecule has 0 spiro atoms. The lowest BCUT2D eigenvalue weighted by Crippen LogP contribution is -2.34. The Balaban J connectivity index is 1.53. The van der Waals surface area contributed by atoms with Crippen molar-refractivity contribution in [3.05, 3.63) is 94.8 Å². The van der Waals surface area contributed by atoms with Gasteiger partial charge in [0.25, 0.3) is 5.91 Å². The van der Waals surface area contributed by atoms with Crippen LogP contribution in [0.25, 0.3) is 21.1 Å². The minimum absolute atomic E-state index is 0.0201. The van der Waals surface area contributed by atoms with Crippen molar-refractivity contribution in [3.8, 4) is 5.75 Å². The zero-order chi connectivity index (χ0) is 23.5.